The number of carbonyl (C=O) groups is 1. The van der Waals surface area contributed by atoms with Crippen LogP contribution in [0.1, 0.15) is 11.9 Å². The van der Waals surface area contributed by atoms with Crippen LogP contribution in [0.25, 0.3) is 0 Å². The molecule has 0 aromatic heterocycles. The standard InChI is InChI=1S/C12H14O4/c1-14-11(13)10-7-15-12(16-8-10)9-5-3-2-4-6-9/h2-6,10,12H,7-8H2,1H3. The number of benzene rings is 1. The van der Waals surface area contributed by atoms with E-state index in [2.05, 4.69) is 4.74 Å². The van der Waals surface area contributed by atoms with E-state index in [1.165, 1.54) is 7.11 Å². The predicted octanol–water partition coefficient (Wildman–Crippen LogP) is 1.52. The van der Waals surface area contributed by atoms with E-state index in [0.717, 1.165) is 5.56 Å². The van der Waals surface area contributed by atoms with Crippen molar-refractivity contribution in [2.24, 2.45) is 5.92 Å². The first kappa shape index (κ1) is 11.1. The maximum atomic E-state index is 11.2. The highest BCUT2D eigenvalue weighted by atomic mass is 16.7. The SMILES string of the molecule is COC(=O)C1COC(c2ccccc2)OC1. The van der Waals surface area contributed by atoms with Gasteiger partial charge < -0.3 is 14.2 Å². The summed E-state index contributed by atoms with van der Waals surface area (Å²) in [7, 11) is 1.37. The van der Waals surface area contributed by atoms with Crippen molar-refractivity contribution in [2.75, 3.05) is 20.3 Å². The fourth-order valence-electron chi connectivity index (χ4n) is 1.61. The van der Waals surface area contributed by atoms with Gasteiger partial charge in [0.25, 0.3) is 0 Å². The molecule has 86 valence electrons. The number of ether oxygens (including phenoxy) is 3. The Morgan fingerprint density at radius 2 is 1.88 bits per heavy atom. The van der Waals surface area contributed by atoms with Gasteiger partial charge in [-0.25, -0.2) is 0 Å². The van der Waals surface area contributed by atoms with E-state index in [9.17, 15) is 4.79 Å². The van der Waals surface area contributed by atoms with Gasteiger partial charge in [0.1, 0.15) is 5.92 Å². The zero-order valence-electron chi connectivity index (χ0n) is 9.09. The molecular formula is C12H14O4. The van der Waals surface area contributed by atoms with E-state index in [1.54, 1.807) is 0 Å². The van der Waals surface area contributed by atoms with Crippen LogP contribution in [0.2, 0.25) is 0 Å². The van der Waals surface area contributed by atoms with Crippen molar-refractivity contribution in [1.29, 1.82) is 0 Å². The molecule has 1 aliphatic heterocycles. The van der Waals surface area contributed by atoms with Crippen LogP contribution in [0, 0.1) is 5.92 Å². The Kier molecular flexibility index (Phi) is 3.54. The van der Waals surface area contributed by atoms with Crippen LogP contribution in [-0.4, -0.2) is 26.3 Å². The molecule has 1 aromatic carbocycles. The van der Waals surface area contributed by atoms with E-state index < -0.39 is 0 Å². The summed E-state index contributed by atoms with van der Waals surface area (Å²) in [6.45, 7) is 0.679. The molecule has 0 aliphatic carbocycles. The summed E-state index contributed by atoms with van der Waals surface area (Å²) < 4.78 is 15.6. The van der Waals surface area contributed by atoms with Gasteiger partial charge in [-0.2, -0.15) is 0 Å². The first-order chi connectivity index (χ1) is 7.81. The number of hydrogen-bond donors (Lipinski definition) is 0. The average molecular weight is 222 g/mol. The van der Waals surface area contributed by atoms with E-state index in [4.69, 9.17) is 9.47 Å². The monoisotopic (exact) mass is 222 g/mol. The molecule has 0 amide bonds. The number of esters is 1. The highest BCUT2D eigenvalue weighted by Gasteiger charge is 2.28. The Labute approximate surface area is 94.1 Å². The first-order valence-corrected chi connectivity index (χ1v) is 5.17. The maximum Gasteiger partial charge on any atom is 0.313 e. The van der Waals surface area contributed by atoms with Gasteiger partial charge in [-0.3, -0.25) is 4.79 Å². The molecule has 4 nitrogen and oxygen atoms in total. The van der Waals surface area contributed by atoms with Gasteiger partial charge >= 0.3 is 5.97 Å². The molecule has 4 heteroatoms. The molecule has 0 N–H and O–H groups in total. The second-order valence-corrected chi connectivity index (χ2v) is 3.63. The minimum atomic E-state index is -0.373. The molecule has 0 spiro atoms. The smallest absolute Gasteiger partial charge is 0.313 e. The molecule has 1 fully saturated rings. The summed E-state index contributed by atoms with van der Waals surface area (Å²) >= 11 is 0. The van der Waals surface area contributed by atoms with Crippen LogP contribution in [0.3, 0.4) is 0 Å². The van der Waals surface area contributed by atoms with Crippen LogP contribution >= 0.6 is 0 Å². The van der Waals surface area contributed by atoms with Gasteiger partial charge in [0.15, 0.2) is 6.29 Å². The molecular weight excluding hydrogens is 208 g/mol. The molecule has 0 radical (unpaired) electrons. The van der Waals surface area contributed by atoms with Crippen molar-refractivity contribution in [1.82, 2.24) is 0 Å². The van der Waals surface area contributed by atoms with Gasteiger partial charge in [0.05, 0.1) is 20.3 Å². The largest absolute Gasteiger partial charge is 0.469 e. The Hall–Kier alpha value is -1.39. The van der Waals surface area contributed by atoms with Crippen LogP contribution < -0.4 is 0 Å². The molecule has 16 heavy (non-hydrogen) atoms. The van der Waals surface area contributed by atoms with Gasteiger partial charge in [-0.1, -0.05) is 30.3 Å². The lowest BCUT2D eigenvalue weighted by molar-refractivity contribution is -0.212. The van der Waals surface area contributed by atoms with Gasteiger partial charge in [-0.15, -0.1) is 0 Å². The fraction of sp³-hybridized carbons (Fsp3) is 0.417. The Bertz CT molecular complexity index is 341. The summed E-state index contributed by atoms with van der Waals surface area (Å²) in [5.41, 5.74) is 0.964. The second-order valence-electron chi connectivity index (χ2n) is 3.63. The van der Waals surface area contributed by atoms with Gasteiger partial charge in [-0.05, 0) is 0 Å². The highest BCUT2D eigenvalue weighted by molar-refractivity contribution is 5.72. The van der Waals surface area contributed by atoms with Crippen molar-refractivity contribution in [3.8, 4) is 0 Å². The van der Waals surface area contributed by atoms with Crippen LogP contribution in [0.4, 0.5) is 0 Å². The van der Waals surface area contributed by atoms with Crippen molar-refractivity contribution in [2.45, 2.75) is 6.29 Å². The lowest BCUT2D eigenvalue weighted by Crippen LogP contribution is -2.33. The third-order valence-corrected chi connectivity index (χ3v) is 2.50. The molecule has 0 unspecified atom stereocenters. The third kappa shape index (κ3) is 2.40. The van der Waals surface area contributed by atoms with Crippen LogP contribution in [0.5, 0.6) is 0 Å². The minimum Gasteiger partial charge on any atom is -0.469 e. The third-order valence-electron chi connectivity index (χ3n) is 2.50. The van der Waals surface area contributed by atoms with Gasteiger partial charge in [0, 0.05) is 5.56 Å². The molecule has 1 aliphatic rings. The molecule has 0 atom stereocenters. The summed E-state index contributed by atoms with van der Waals surface area (Å²) in [4.78, 5) is 11.2. The lowest BCUT2D eigenvalue weighted by atomic mass is 10.1. The molecule has 1 heterocycles. The molecule has 1 saturated heterocycles. The normalized spacial score (nSPS) is 25.1. The average Bonchev–Trinajstić information content (AvgIpc) is 2.39. The summed E-state index contributed by atoms with van der Waals surface area (Å²) in [6.07, 6.45) is -0.373. The summed E-state index contributed by atoms with van der Waals surface area (Å²) in [5.74, 6) is -0.600. The van der Waals surface area contributed by atoms with E-state index in [0.29, 0.717) is 13.2 Å². The van der Waals surface area contributed by atoms with Crippen molar-refractivity contribution in [3.05, 3.63) is 35.9 Å². The minimum absolute atomic E-state index is 0.286. The fourth-order valence-corrected chi connectivity index (χ4v) is 1.61. The van der Waals surface area contributed by atoms with E-state index in [-0.39, 0.29) is 18.2 Å². The maximum absolute atomic E-state index is 11.2. The highest BCUT2D eigenvalue weighted by Crippen LogP contribution is 2.24. The zero-order valence-corrected chi connectivity index (χ0v) is 9.09. The quantitative estimate of drug-likeness (QED) is 0.712. The molecule has 0 saturated carbocycles. The molecule has 1 aromatic rings. The van der Waals surface area contributed by atoms with Crippen molar-refractivity contribution >= 4 is 5.97 Å². The second kappa shape index (κ2) is 5.09. The molecule has 0 bridgehead atoms. The zero-order chi connectivity index (χ0) is 11.4. The number of hydrogen-bond acceptors (Lipinski definition) is 4. The number of rotatable bonds is 2. The Balaban J connectivity index is 1.93. The van der Waals surface area contributed by atoms with Gasteiger partial charge in [0.2, 0.25) is 0 Å². The Morgan fingerprint density at radius 1 is 1.25 bits per heavy atom. The summed E-state index contributed by atoms with van der Waals surface area (Å²) in [5, 5.41) is 0. The first-order valence-electron chi connectivity index (χ1n) is 5.17. The Morgan fingerprint density at radius 3 is 2.44 bits per heavy atom. The number of carbonyl (C=O) groups excluding carboxylic acids is 1. The topological polar surface area (TPSA) is 44.8 Å². The van der Waals surface area contributed by atoms with Crippen LogP contribution in [-0.2, 0) is 19.0 Å². The predicted molar refractivity (Wildman–Crippen MR) is 56.6 cm³/mol. The molecule has 2 rings (SSSR count). The van der Waals surface area contributed by atoms with Crippen LogP contribution in [0.15, 0.2) is 30.3 Å². The van der Waals surface area contributed by atoms with Crippen molar-refractivity contribution < 1.29 is 19.0 Å². The summed E-state index contributed by atoms with van der Waals surface area (Å²) in [6, 6.07) is 9.65. The van der Waals surface area contributed by atoms with E-state index >= 15 is 0 Å². The lowest BCUT2D eigenvalue weighted by Gasteiger charge is -2.28. The van der Waals surface area contributed by atoms with E-state index in [1.807, 2.05) is 30.3 Å². The van der Waals surface area contributed by atoms with Crippen molar-refractivity contribution in [3.63, 3.8) is 0 Å². The number of methoxy groups -OCH3 is 1.